The van der Waals surface area contributed by atoms with Gasteiger partial charge in [-0.2, -0.15) is 0 Å². The highest BCUT2D eigenvalue weighted by atomic mass is 32.1. The number of rotatable bonds is 4. The predicted octanol–water partition coefficient (Wildman–Crippen LogP) is 17.6. The Morgan fingerprint density at radius 1 is 0.406 bits per heavy atom. The van der Waals surface area contributed by atoms with Gasteiger partial charge >= 0.3 is 0 Å². The molecule has 9 aromatic carbocycles. The van der Waals surface area contributed by atoms with E-state index >= 15 is 0 Å². The molecule has 0 saturated heterocycles. The van der Waals surface area contributed by atoms with Crippen LogP contribution in [0.2, 0.25) is 0 Å². The number of hydrogen-bond donors (Lipinski definition) is 0. The number of furan rings is 2. The van der Waals surface area contributed by atoms with Crippen molar-refractivity contribution in [3.63, 3.8) is 0 Å². The first-order valence-corrected chi connectivity index (χ1v) is 23.1. The van der Waals surface area contributed by atoms with Gasteiger partial charge in [0.1, 0.15) is 16.7 Å². The molecule has 0 atom stereocenters. The maximum atomic E-state index is 7.25. The predicted molar refractivity (Wildman–Crippen MR) is 269 cm³/mol. The van der Waals surface area contributed by atoms with Crippen molar-refractivity contribution in [3.05, 3.63) is 198 Å². The first kappa shape index (κ1) is 36.1. The lowest BCUT2D eigenvalue weighted by Gasteiger charge is -2.30. The Labute approximate surface area is 374 Å². The van der Waals surface area contributed by atoms with Gasteiger partial charge in [-0.3, -0.25) is 0 Å². The van der Waals surface area contributed by atoms with Gasteiger partial charge in [0.25, 0.3) is 0 Å². The van der Waals surface area contributed by atoms with Crippen molar-refractivity contribution in [2.45, 2.75) is 38.5 Å². The van der Waals surface area contributed by atoms with Crippen LogP contribution in [0.3, 0.4) is 0 Å². The molecule has 0 saturated carbocycles. The maximum absolute atomic E-state index is 7.25. The Hall–Kier alpha value is -7.40. The van der Waals surface area contributed by atoms with E-state index in [1.807, 2.05) is 17.4 Å². The molecule has 12 aromatic rings. The first-order chi connectivity index (χ1) is 31.2. The van der Waals surface area contributed by atoms with Crippen LogP contribution in [0.1, 0.15) is 49.9 Å². The zero-order valence-electron chi connectivity index (χ0n) is 35.9. The van der Waals surface area contributed by atoms with E-state index in [9.17, 15) is 0 Å². The Kier molecular flexibility index (Phi) is 7.12. The summed E-state index contributed by atoms with van der Waals surface area (Å²) in [5.41, 5.74) is 19.1. The highest BCUT2D eigenvalue weighted by Gasteiger charge is 2.38. The van der Waals surface area contributed by atoms with E-state index in [0.717, 1.165) is 66.5 Å². The first-order valence-electron chi connectivity index (χ1n) is 22.2. The molecule has 304 valence electrons. The zero-order chi connectivity index (χ0) is 42.6. The maximum Gasteiger partial charge on any atom is 0.159 e. The number of para-hydroxylation sites is 1. The second kappa shape index (κ2) is 12.6. The summed E-state index contributed by atoms with van der Waals surface area (Å²) >= 11 is 1.87. The van der Waals surface area contributed by atoms with Crippen molar-refractivity contribution in [1.82, 2.24) is 0 Å². The van der Waals surface area contributed by atoms with E-state index in [4.69, 9.17) is 8.83 Å². The summed E-state index contributed by atoms with van der Waals surface area (Å²) in [7, 11) is 0. The van der Waals surface area contributed by atoms with Crippen LogP contribution >= 0.6 is 11.3 Å². The third-order valence-electron chi connectivity index (χ3n) is 14.7. The van der Waals surface area contributed by atoms with Crippen molar-refractivity contribution in [1.29, 1.82) is 0 Å². The van der Waals surface area contributed by atoms with E-state index in [-0.39, 0.29) is 10.8 Å². The zero-order valence-corrected chi connectivity index (χ0v) is 36.7. The molecule has 0 bridgehead atoms. The molecular weight excluding hydrogens is 799 g/mol. The van der Waals surface area contributed by atoms with E-state index in [1.165, 1.54) is 70.2 Å². The van der Waals surface area contributed by atoms with Crippen molar-refractivity contribution >= 4 is 92.4 Å². The van der Waals surface area contributed by atoms with Gasteiger partial charge in [0.15, 0.2) is 5.58 Å². The monoisotopic (exact) mass is 839 g/mol. The van der Waals surface area contributed by atoms with Crippen LogP contribution in [0.25, 0.3) is 97.4 Å². The molecule has 3 aromatic heterocycles. The van der Waals surface area contributed by atoms with Crippen LogP contribution in [-0.4, -0.2) is 0 Å². The van der Waals surface area contributed by atoms with Crippen molar-refractivity contribution < 1.29 is 8.83 Å². The summed E-state index contributed by atoms with van der Waals surface area (Å²) < 4.78 is 16.3. The van der Waals surface area contributed by atoms with Gasteiger partial charge in [0, 0.05) is 63.9 Å². The molecule has 14 rings (SSSR count). The van der Waals surface area contributed by atoms with E-state index in [1.54, 1.807) is 0 Å². The Morgan fingerprint density at radius 3 is 1.66 bits per heavy atom. The minimum Gasteiger partial charge on any atom is -0.456 e. The molecule has 0 spiro atoms. The molecule has 0 radical (unpaired) electrons. The molecule has 3 heterocycles. The van der Waals surface area contributed by atoms with Crippen molar-refractivity contribution in [3.8, 4) is 33.4 Å². The second-order valence-electron chi connectivity index (χ2n) is 18.8. The second-order valence-corrected chi connectivity index (χ2v) is 19.9. The van der Waals surface area contributed by atoms with Gasteiger partial charge in [0.05, 0.1) is 5.69 Å². The lowest BCUT2D eigenvalue weighted by atomic mass is 9.82. The number of anilines is 3. The van der Waals surface area contributed by atoms with Gasteiger partial charge < -0.3 is 13.7 Å². The fraction of sp³-hybridized carbons (Fsp3) is 0.100. The lowest BCUT2D eigenvalue weighted by Crippen LogP contribution is -2.18. The molecule has 0 aliphatic heterocycles. The quantitative estimate of drug-likeness (QED) is 0.177. The largest absolute Gasteiger partial charge is 0.456 e. The Balaban J connectivity index is 1.11. The average Bonchev–Trinajstić information content (AvgIpc) is 4.10. The number of hydrogen-bond acceptors (Lipinski definition) is 4. The van der Waals surface area contributed by atoms with Gasteiger partial charge in [-0.05, 0) is 116 Å². The molecule has 2 aliphatic carbocycles. The van der Waals surface area contributed by atoms with Gasteiger partial charge in [-0.15, -0.1) is 11.3 Å². The highest BCUT2D eigenvalue weighted by Crippen LogP contribution is 2.55. The minimum absolute atomic E-state index is 0.184. The van der Waals surface area contributed by atoms with Gasteiger partial charge in [-0.1, -0.05) is 143 Å². The summed E-state index contributed by atoms with van der Waals surface area (Å²) in [6, 6.07) is 64.9. The van der Waals surface area contributed by atoms with Crippen molar-refractivity contribution in [2.24, 2.45) is 0 Å². The van der Waals surface area contributed by atoms with Crippen LogP contribution in [0.5, 0.6) is 0 Å². The average molecular weight is 840 g/mol. The summed E-state index contributed by atoms with van der Waals surface area (Å²) in [6.45, 7) is 9.46. The van der Waals surface area contributed by atoms with Crippen LogP contribution in [0, 0.1) is 0 Å². The molecule has 4 heteroatoms. The SMILES string of the molecule is CC1(C)c2ccccc2-c2ccc(N(c3ccc4c(c3)C(C)(C)c3ccccc3-4)c3cc(-c4cccc5c4sc4ccccc45)cc4c3oc3ccc5oc6ccccc6c5c34)cc21. The smallest absolute Gasteiger partial charge is 0.159 e. The molecule has 3 nitrogen and oxygen atoms in total. The van der Waals surface area contributed by atoms with E-state index < -0.39 is 0 Å². The third-order valence-corrected chi connectivity index (χ3v) is 15.9. The summed E-state index contributed by atoms with van der Waals surface area (Å²) in [5, 5.41) is 6.86. The fourth-order valence-electron chi connectivity index (χ4n) is 11.6. The molecule has 0 unspecified atom stereocenters. The molecule has 64 heavy (non-hydrogen) atoms. The van der Waals surface area contributed by atoms with Crippen LogP contribution < -0.4 is 4.90 Å². The molecule has 0 fully saturated rings. The summed E-state index contributed by atoms with van der Waals surface area (Å²) in [4.78, 5) is 2.47. The Bertz CT molecular complexity index is 3880. The lowest BCUT2D eigenvalue weighted by molar-refractivity contribution is 0.659. The minimum atomic E-state index is -0.184. The number of benzene rings is 9. The standard InChI is InChI=1S/C60H41NO2S/c1-59(2)46-20-9-5-14-38(46)40-26-24-35(32-48(40)59)61(36-25-27-41-39-15-6-10-21-47(39)60(3,4)49(41)33-36)50-31-34(37-18-13-19-43-42-16-8-12-23-54(42)64-58(37)43)30-45-56-53(63-57(45)50)29-28-52-55(56)44-17-7-11-22-51(44)62-52/h5-33H,1-4H3. The number of thiophene rings is 1. The van der Waals surface area contributed by atoms with Crippen LogP contribution in [0.15, 0.2) is 185 Å². The fourth-order valence-corrected chi connectivity index (χ4v) is 12.8. The number of fused-ring (bicyclic) bond motifs is 16. The normalized spacial score (nSPS) is 14.5. The van der Waals surface area contributed by atoms with Crippen LogP contribution in [-0.2, 0) is 10.8 Å². The van der Waals surface area contributed by atoms with Gasteiger partial charge in [-0.25, -0.2) is 0 Å². The van der Waals surface area contributed by atoms with Crippen LogP contribution in [0.4, 0.5) is 17.1 Å². The highest BCUT2D eigenvalue weighted by molar-refractivity contribution is 7.26. The summed E-state index contributed by atoms with van der Waals surface area (Å²) in [6.07, 6.45) is 0. The van der Waals surface area contributed by atoms with Crippen molar-refractivity contribution in [2.75, 3.05) is 4.90 Å². The molecular formula is C60H41NO2S. The third kappa shape index (κ3) is 4.76. The topological polar surface area (TPSA) is 29.5 Å². The molecule has 0 amide bonds. The van der Waals surface area contributed by atoms with E-state index in [0.29, 0.717) is 0 Å². The molecule has 2 aliphatic rings. The Morgan fingerprint density at radius 2 is 0.953 bits per heavy atom. The van der Waals surface area contributed by atoms with E-state index in [2.05, 4.69) is 202 Å². The molecule has 0 N–H and O–H groups in total. The number of nitrogens with zero attached hydrogens (tertiary/aromatic N) is 1. The van der Waals surface area contributed by atoms with Gasteiger partial charge in [0.2, 0.25) is 0 Å². The summed E-state index contributed by atoms with van der Waals surface area (Å²) in [5.74, 6) is 0.